The number of aryl methyl sites for hydroxylation is 1. The molecule has 5 nitrogen and oxygen atoms in total. The number of fused-ring (bicyclic) bond motifs is 2. The van der Waals surface area contributed by atoms with E-state index in [0.717, 1.165) is 55.6 Å². The van der Waals surface area contributed by atoms with Crippen LogP contribution in [0.15, 0.2) is 24.3 Å². The number of rotatable bonds is 3. The molecular weight excluding hydrogens is 312 g/mol. The molecule has 0 spiro atoms. The molecule has 0 aliphatic carbocycles. The predicted molar refractivity (Wildman–Crippen MR) is 99.0 cm³/mol. The van der Waals surface area contributed by atoms with Gasteiger partial charge in [0.25, 0.3) is 0 Å². The van der Waals surface area contributed by atoms with Gasteiger partial charge in [-0.15, -0.1) is 0 Å². The van der Waals surface area contributed by atoms with E-state index in [-0.39, 0.29) is 0 Å². The zero-order valence-electron chi connectivity index (χ0n) is 14.9. The summed E-state index contributed by atoms with van der Waals surface area (Å²) in [6, 6.07) is 8.27. The van der Waals surface area contributed by atoms with Crippen LogP contribution in [-0.2, 0) is 13.0 Å². The Morgan fingerprint density at radius 3 is 3.04 bits per heavy atom. The summed E-state index contributed by atoms with van der Waals surface area (Å²) < 4.78 is 6.01. The Balaban J connectivity index is 1.71. The van der Waals surface area contributed by atoms with Crippen LogP contribution in [-0.4, -0.2) is 29.6 Å². The first kappa shape index (κ1) is 16.3. The van der Waals surface area contributed by atoms with E-state index in [1.165, 1.54) is 24.0 Å². The average Bonchev–Trinajstić information content (AvgIpc) is 2.81. The van der Waals surface area contributed by atoms with Gasteiger partial charge in [0, 0.05) is 25.1 Å². The Labute approximate surface area is 149 Å². The number of anilines is 1. The molecule has 2 aliphatic rings. The van der Waals surface area contributed by atoms with Gasteiger partial charge in [0.1, 0.15) is 24.0 Å². The Kier molecular flexibility index (Phi) is 4.57. The van der Waals surface area contributed by atoms with E-state index >= 15 is 0 Å². The van der Waals surface area contributed by atoms with Crippen molar-refractivity contribution in [1.29, 1.82) is 0 Å². The molecule has 0 bridgehead atoms. The van der Waals surface area contributed by atoms with Gasteiger partial charge in [0.2, 0.25) is 0 Å². The molecule has 5 heteroatoms. The largest absolute Gasteiger partial charge is 0.487 e. The summed E-state index contributed by atoms with van der Waals surface area (Å²) in [6.45, 7) is 5.36. The van der Waals surface area contributed by atoms with E-state index in [2.05, 4.69) is 22.0 Å². The number of para-hydroxylation sites is 1. The van der Waals surface area contributed by atoms with Crippen molar-refractivity contribution in [3.05, 3.63) is 46.9 Å². The lowest BCUT2D eigenvalue weighted by Gasteiger charge is -2.35. The van der Waals surface area contributed by atoms with Crippen LogP contribution in [0.1, 0.15) is 41.9 Å². The summed E-state index contributed by atoms with van der Waals surface area (Å²) in [6.07, 6.45) is 4.40. The molecule has 1 atom stereocenters. The first-order valence-corrected chi connectivity index (χ1v) is 9.26. The number of nitrogens with two attached hydrogens (primary N) is 1. The maximum atomic E-state index is 6.01. The Morgan fingerprint density at radius 2 is 2.16 bits per heavy atom. The third kappa shape index (κ3) is 3.33. The van der Waals surface area contributed by atoms with Gasteiger partial charge in [-0.05, 0) is 50.3 Å². The predicted octanol–water partition coefficient (Wildman–Crippen LogP) is 2.83. The molecule has 3 heterocycles. The van der Waals surface area contributed by atoms with Crippen LogP contribution in [0.3, 0.4) is 0 Å². The summed E-state index contributed by atoms with van der Waals surface area (Å²) in [4.78, 5) is 12.0. The van der Waals surface area contributed by atoms with E-state index in [1.54, 1.807) is 0 Å². The molecule has 25 heavy (non-hydrogen) atoms. The van der Waals surface area contributed by atoms with E-state index in [9.17, 15) is 0 Å². The van der Waals surface area contributed by atoms with Gasteiger partial charge in [0.15, 0.2) is 0 Å². The van der Waals surface area contributed by atoms with Crippen LogP contribution in [0.2, 0.25) is 0 Å². The summed E-state index contributed by atoms with van der Waals surface area (Å²) in [5.41, 5.74) is 9.26. The zero-order valence-corrected chi connectivity index (χ0v) is 14.9. The van der Waals surface area contributed by atoms with Crippen LogP contribution in [0.4, 0.5) is 5.82 Å². The highest BCUT2D eigenvalue weighted by Crippen LogP contribution is 2.33. The SMILES string of the molecule is Cc1nc2c(c(N3CCC[C@H](CCN)C3)n1)Cc1ccccc1OC2. The second-order valence-electron chi connectivity index (χ2n) is 7.12. The smallest absolute Gasteiger partial charge is 0.136 e. The van der Waals surface area contributed by atoms with Crippen molar-refractivity contribution >= 4 is 5.82 Å². The van der Waals surface area contributed by atoms with Crippen LogP contribution >= 0.6 is 0 Å². The van der Waals surface area contributed by atoms with Gasteiger partial charge in [0.05, 0.1) is 5.69 Å². The quantitative estimate of drug-likeness (QED) is 0.932. The fraction of sp³-hybridized carbons (Fsp3) is 0.500. The van der Waals surface area contributed by atoms with Crippen molar-refractivity contribution < 1.29 is 4.74 Å². The normalized spacial score (nSPS) is 19.6. The number of ether oxygens (including phenoxy) is 1. The van der Waals surface area contributed by atoms with Crippen molar-refractivity contribution in [3.8, 4) is 5.75 Å². The minimum absolute atomic E-state index is 0.517. The number of nitrogens with zero attached hydrogens (tertiary/aromatic N) is 3. The number of benzene rings is 1. The Hall–Kier alpha value is -2.14. The molecule has 2 aromatic rings. The van der Waals surface area contributed by atoms with Crippen molar-refractivity contribution in [2.45, 2.75) is 39.2 Å². The van der Waals surface area contributed by atoms with Crippen LogP contribution in [0, 0.1) is 12.8 Å². The third-order valence-electron chi connectivity index (χ3n) is 5.28. The second kappa shape index (κ2) is 7.00. The minimum atomic E-state index is 0.517. The molecular formula is C20H26N4O. The van der Waals surface area contributed by atoms with Gasteiger partial charge >= 0.3 is 0 Å². The molecule has 0 amide bonds. The Morgan fingerprint density at radius 1 is 1.28 bits per heavy atom. The van der Waals surface area contributed by atoms with Gasteiger partial charge in [-0.2, -0.15) is 0 Å². The van der Waals surface area contributed by atoms with E-state index in [1.807, 2.05) is 19.1 Å². The highest BCUT2D eigenvalue weighted by molar-refractivity contribution is 5.54. The first-order chi connectivity index (χ1) is 12.2. The maximum Gasteiger partial charge on any atom is 0.136 e. The van der Waals surface area contributed by atoms with Gasteiger partial charge < -0.3 is 15.4 Å². The Bertz CT molecular complexity index is 759. The van der Waals surface area contributed by atoms with E-state index in [4.69, 9.17) is 15.5 Å². The van der Waals surface area contributed by atoms with Gasteiger partial charge in [-0.25, -0.2) is 9.97 Å². The molecule has 132 valence electrons. The van der Waals surface area contributed by atoms with Gasteiger partial charge in [-0.3, -0.25) is 0 Å². The highest BCUT2D eigenvalue weighted by atomic mass is 16.5. The fourth-order valence-corrected chi connectivity index (χ4v) is 4.06. The molecule has 0 unspecified atom stereocenters. The lowest BCUT2D eigenvalue weighted by Crippen LogP contribution is -2.37. The lowest BCUT2D eigenvalue weighted by atomic mass is 9.94. The van der Waals surface area contributed by atoms with Crippen molar-refractivity contribution in [2.75, 3.05) is 24.5 Å². The lowest BCUT2D eigenvalue weighted by molar-refractivity contribution is 0.301. The number of hydrogen-bond donors (Lipinski definition) is 1. The molecule has 2 aliphatic heterocycles. The third-order valence-corrected chi connectivity index (χ3v) is 5.28. The summed E-state index contributed by atoms with van der Waals surface area (Å²) >= 11 is 0. The molecule has 2 N–H and O–H groups in total. The van der Waals surface area contributed by atoms with Crippen LogP contribution < -0.4 is 15.4 Å². The number of aromatic nitrogens is 2. The van der Waals surface area contributed by atoms with Crippen molar-refractivity contribution in [3.63, 3.8) is 0 Å². The molecule has 1 aromatic carbocycles. The number of piperidine rings is 1. The molecule has 1 fully saturated rings. The van der Waals surface area contributed by atoms with E-state index in [0.29, 0.717) is 12.5 Å². The average molecular weight is 338 g/mol. The van der Waals surface area contributed by atoms with Crippen molar-refractivity contribution in [1.82, 2.24) is 9.97 Å². The summed E-state index contributed by atoms with van der Waals surface area (Å²) in [5, 5.41) is 0. The van der Waals surface area contributed by atoms with Crippen molar-refractivity contribution in [2.24, 2.45) is 11.7 Å². The van der Waals surface area contributed by atoms with Gasteiger partial charge in [-0.1, -0.05) is 18.2 Å². The minimum Gasteiger partial charge on any atom is -0.487 e. The summed E-state index contributed by atoms with van der Waals surface area (Å²) in [5.74, 6) is 3.55. The molecule has 1 saturated heterocycles. The van der Waals surface area contributed by atoms with Crippen LogP contribution in [0.5, 0.6) is 5.75 Å². The molecule has 0 radical (unpaired) electrons. The maximum absolute atomic E-state index is 6.01. The first-order valence-electron chi connectivity index (χ1n) is 9.26. The zero-order chi connectivity index (χ0) is 17.2. The fourth-order valence-electron chi connectivity index (χ4n) is 4.06. The highest BCUT2D eigenvalue weighted by Gasteiger charge is 2.26. The molecule has 0 saturated carbocycles. The topological polar surface area (TPSA) is 64.3 Å². The van der Waals surface area contributed by atoms with Crippen LogP contribution in [0.25, 0.3) is 0 Å². The van der Waals surface area contributed by atoms with E-state index < -0.39 is 0 Å². The number of hydrogen-bond acceptors (Lipinski definition) is 5. The molecule has 1 aromatic heterocycles. The summed E-state index contributed by atoms with van der Waals surface area (Å²) in [7, 11) is 0. The standard InChI is InChI=1S/C20H26N4O/c1-14-22-18-13-25-19-7-3-2-6-16(19)11-17(18)20(23-14)24-10-4-5-15(12-24)8-9-21/h2-3,6-7,15H,4-5,8-13,21H2,1H3/t15-/m1/s1. The second-order valence-corrected chi connectivity index (χ2v) is 7.12. The molecule has 4 rings (SSSR count). The monoisotopic (exact) mass is 338 g/mol.